The van der Waals surface area contributed by atoms with Crippen LogP contribution in [0.3, 0.4) is 0 Å². The van der Waals surface area contributed by atoms with Gasteiger partial charge < -0.3 is 0 Å². The molecule has 0 aromatic rings. The SMILES string of the molecule is CCB(CC)C1=[C](C)[Sn]([CH3])([CH3])[C](C)=C1CC. The molecule has 0 aliphatic carbocycles. The molecule has 0 radical (unpaired) electrons. The molecule has 0 aromatic heterocycles. The molecule has 1 aliphatic heterocycles. The molecule has 2 heteroatoms. The van der Waals surface area contributed by atoms with Crippen LogP contribution in [0.1, 0.15) is 41.0 Å². The second kappa shape index (κ2) is 5.33. The predicted molar refractivity (Wildman–Crippen MR) is 79.9 cm³/mol. The van der Waals surface area contributed by atoms with Gasteiger partial charge in [-0.25, -0.2) is 0 Å². The van der Waals surface area contributed by atoms with Gasteiger partial charge in [0, 0.05) is 0 Å². The number of allylic oxidation sites excluding steroid dienone is 4. The van der Waals surface area contributed by atoms with Crippen LogP contribution in [0.25, 0.3) is 0 Å². The topological polar surface area (TPSA) is 0 Å². The Balaban J connectivity index is 3.29. The average Bonchev–Trinajstić information content (AvgIpc) is 2.42. The van der Waals surface area contributed by atoms with E-state index in [1.807, 2.05) is 7.18 Å². The monoisotopic (exact) mass is 326 g/mol. The molecular formula is C14H27BSn. The molecule has 0 fully saturated rings. The molecule has 0 aromatic carbocycles. The van der Waals surface area contributed by atoms with Crippen molar-refractivity contribution in [2.75, 3.05) is 0 Å². The molecule has 1 rings (SSSR count). The first-order chi connectivity index (χ1) is 7.41. The maximum absolute atomic E-state index is 2.59. The molecule has 0 saturated heterocycles. The van der Waals surface area contributed by atoms with E-state index < -0.39 is 18.4 Å². The fourth-order valence-electron chi connectivity index (χ4n) is 3.13. The summed E-state index contributed by atoms with van der Waals surface area (Å²) >= 11 is -2.01. The summed E-state index contributed by atoms with van der Waals surface area (Å²) in [6, 6.07) is 0. The van der Waals surface area contributed by atoms with Gasteiger partial charge in [-0.1, -0.05) is 0 Å². The van der Waals surface area contributed by atoms with Crippen molar-refractivity contribution in [3.63, 3.8) is 0 Å². The van der Waals surface area contributed by atoms with E-state index in [0.717, 1.165) is 6.71 Å². The molecule has 1 aliphatic rings. The standard InChI is InChI=1S/C12H21B.2CH3.Sn/c1-6-11(7-2)12(8-3)13(9-4)10-5;;;/h6,9-10H2,1-5H3;2*1H3;. The van der Waals surface area contributed by atoms with E-state index in [1.54, 1.807) is 11.0 Å². The molecule has 0 unspecified atom stereocenters. The first kappa shape index (κ1) is 14.4. The van der Waals surface area contributed by atoms with Crippen LogP contribution in [0.5, 0.6) is 0 Å². The predicted octanol–water partition coefficient (Wildman–Crippen LogP) is 4.90. The van der Waals surface area contributed by atoms with Crippen LogP contribution in [-0.4, -0.2) is 25.1 Å². The zero-order chi connectivity index (χ0) is 12.5. The average molecular weight is 325 g/mol. The van der Waals surface area contributed by atoms with E-state index in [1.165, 1.54) is 19.1 Å². The number of hydrogen-bond acceptors (Lipinski definition) is 0. The van der Waals surface area contributed by atoms with Crippen LogP contribution in [-0.2, 0) is 0 Å². The van der Waals surface area contributed by atoms with Crippen molar-refractivity contribution < 1.29 is 0 Å². The van der Waals surface area contributed by atoms with E-state index >= 15 is 0 Å². The van der Waals surface area contributed by atoms with Gasteiger partial charge in [-0.2, -0.15) is 0 Å². The Kier molecular flexibility index (Phi) is 4.80. The Morgan fingerprint density at radius 3 is 1.81 bits per heavy atom. The quantitative estimate of drug-likeness (QED) is 0.645. The molecule has 0 N–H and O–H groups in total. The van der Waals surface area contributed by atoms with Crippen LogP contribution >= 0.6 is 0 Å². The van der Waals surface area contributed by atoms with E-state index in [0.29, 0.717) is 0 Å². The molecule has 90 valence electrons. The van der Waals surface area contributed by atoms with Gasteiger partial charge in [0.15, 0.2) is 0 Å². The van der Waals surface area contributed by atoms with Gasteiger partial charge >= 0.3 is 107 Å². The Bertz CT molecular complexity index is 333. The van der Waals surface area contributed by atoms with E-state index in [-0.39, 0.29) is 0 Å². The summed E-state index contributed by atoms with van der Waals surface area (Å²) in [5.41, 5.74) is 3.53. The summed E-state index contributed by atoms with van der Waals surface area (Å²) in [5.74, 6) is 0. The Hall–Kier alpha value is 0.344. The van der Waals surface area contributed by atoms with Crippen molar-refractivity contribution in [3.05, 3.63) is 18.2 Å². The van der Waals surface area contributed by atoms with Crippen molar-refractivity contribution in [2.45, 2.75) is 63.6 Å². The van der Waals surface area contributed by atoms with Gasteiger partial charge in [0.1, 0.15) is 0 Å². The van der Waals surface area contributed by atoms with Crippen molar-refractivity contribution in [1.29, 1.82) is 0 Å². The maximum atomic E-state index is 2.59. The van der Waals surface area contributed by atoms with E-state index in [2.05, 4.69) is 44.5 Å². The van der Waals surface area contributed by atoms with Gasteiger partial charge in [0.25, 0.3) is 0 Å². The molecular weight excluding hydrogens is 298 g/mol. The Labute approximate surface area is 107 Å². The summed E-state index contributed by atoms with van der Waals surface area (Å²) < 4.78 is 3.65. The second-order valence-electron chi connectivity index (χ2n) is 5.63. The molecule has 0 spiro atoms. The van der Waals surface area contributed by atoms with Crippen LogP contribution < -0.4 is 0 Å². The second-order valence-corrected chi connectivity index (χ2v) is 19.2. The molecule has 16 heavy (non-hydrogen) atoms. The summed E-state index contributed by atoms with van der Waals surface area (Å²) in [5, 5.41) is 0. The third-order valence-corrected chi connectivity index (χ3v) is 17.1. The first-order valence-corrected chi connectivity index (χ1v) is 15.4. The zero-order valence-electron chi connectivity index (χ0n) is 12.2. The van der Waals surface area contributed by atoms with Crippen LogP contribution in [0.4, 0.5) is 0 Å². The minimum absolute atomic E-state index is 0.823. The Morgan fingerprint density at radius 2 is 1.44 bits per heavy atom. The summed E-state index contributed by atoms with van der Waals surface area (Å²) in [7, 11) is 0. The minimum atomic E-state index is -2.01. The molecule has 0 amide bonds. The fraction of sp³-hybridized carbons (Fsp3) is 0.714. The fourth-order valence-corrected chi connectivity index (χ4v) is 10.7. The summed E-state index contributed by atoms with van der Waals surface area (Å²) in [6.07, 6.45) is 3.86. The summed E-state index contributed by atoms with van der Waals surface area (Å²) in [4.78, 5) is 5.18. The number of rotatable bonds is 4. The van der Waals surface area contributed by atoms with Crippen LogP contribution in [0.2, 0.25) is 22.5 Å². The molecule has 1 heterocycles. The van der Waals surface area contributed by atoms with Gasteiger partial charge in [-0.05, 0) is 0 Å². The van der Waals surface area contributed by atoms with Crippen molar-refractivity contribution in [3.8, 4) is 0 Å². The van der Waals surface area contributed by atoms with Crippen molar-refractivity contribution >= 4 is 25.1 Å². The van der Waals surface area contributed by atoms with Gasteiger partial charge in [0.05, 0.1) is 0 Å². The van der Waals surface area contributed by atoms with Crippen LogP contribution in [0.15, 0.2) is 18.2 Å². The molecule has 0 bridgehead atoms. The zero-order valence-corrected chi connectivity index (χ0v) is 15.1. The van der Waals surface area contributed by atoms with Crippen molar-refractivity contribution in [1.82, 2.24) is 0 Å². The van der Waals surface area contributed by atoms with E-state index in [4.69, 9.17) is 0 Å². The van der Waals surface area contributed by atoms with Crippen molar-refractivity contribution in [2.24, 2.45) is 0 Å². The molecule has 0 atom stereocenters. The van der Waals surface area contributed by atoms with Gasteiger partial charge in [0.2, 0.25) is 0 Å². The Morgan fingerprint density at radius 1 is 0.938 bits per heavy atom. The third-order valence-electron chi connectivity index (χ3n) is 4.80. The van der Waals surface area contributed by atoms with Gasteiger partial charge in [-0.3, -0.25) is 0 Å². The molecule has 0 saturated carbocycles. The van der Waals surface area contributed by atoms with Gasteiger partial charge in [-0.15, -0.1) is 0 Å². The van der Waals surface area contributed by atoms with Crippen LogP contribution in [0, 0.1) is 0 Å². The molecule has 0 nitrogen and oxygen atoms in total. The van der Waals surface area contributed by atoms with E-state index in [9.17, 15) is 0 Å². The normalized spacial score (nSPS) is 19.7. The summed E-state index contributed by atoms with van der Waals surface area (Å²) in [6.45, 7) is 12.7. The third kappa shape index (κ3) is 2.17. The number of hydrogen-bond donors (Lipinski definition) is 0. The first-order valence-electron chi connectivity index (χ1n) is 6.83.